The lowest BCUT2D eigenvalue weighted by molar-refractivity contribution is 1.53. The number of aromatic nitrogens is 1. The lowest BCUT2D eigenvalue weighted by Gasteiger charge is -2.22. The molecule has 2 heterocycles. The number of hydrogen-bond acceptors (Lipinski definition) is 1. The first-order valence-electron chi connectivity index (χ1n) is 13.6. The van der Waals surface area contributed by atoms with E-state index in [2.05, 4.69) is 151 Å². The average Bonchev–Trinajstić information content (AvgIpc) is 3.63. The molecule has 0 unspecified atom stereocenters. The van der Waals surface area contributed by atoms with Crippen LogP contribution in [-0.2, 0) is 0 Å². The van der Waals surface area contributed by atoms with Gasteiger partial charge in [-0.2, -0.15) is 0 Å². The number of benzene rings is 6. The molecule has 2 heteroatoms. The predicted octanol–water partition coefficient (Wildman–Crippen LogP) is 11.2. The van der Waals surface area contributed by atoms with Crippen LogP contribution in [0.5, 0.6) is 0 Å². The SMILES string of the molecule is c1ccc(-c2c(-c3ccccc3)c(-c3ccccc3)c3c([nH]c4ccccc43)c2-c2cc3ccccc3s2)cc1. The van der Waals surface area contributed by atoms with E-state index in [4.69, 9.17) is 0 Å². The van der Waals surface area contributed by atoms with Crippen LogP contribution in [0.15, 0.2) is 146 Å². The minimum absolute atomic E-state index is 1.15. The van der Waals surface area contributed by atoms with Crippen molar-refractivity contribution in [3.63, 3.8) is 0 Å². The molecule has 0 bridgehead atoms. The molecule has 8 rings (SSSR count). The number of fused-ring (bicyclic) bond motifs is 4. The number of rotatable bonds is 4. The van der Waals surface area contributed by atoms with E-state index in [0.29, 0.717) is 0 Å². The fraction of sp³-hybridized carbons (Fsp3) is 0. The molecule has 0 spiro atoms. The monoisotopic (exact) mass is 527 g/mol. The molecule has 188 valence electrons. The van der Waals surface area contributed by atoms with Gasteiger partial charge in [0.2, 0.25) is 0 Å². The van der Waals surface area contributed by atoms with Gasteiger partial charge in [-0.3, -0.25) is 0 Å². The van der Waals surface area contributed by atoms with E-state index in [-0.39, 0.29) is 0 Å². The summed E-state index contributed by atoms with van der Waals surface area (Å²) < 4.78 is 1.30. The smallest absolute Gasteiger partial charge is 0.0565 e. The van der Waals surface area contributed by atoms with Crippen molar-refractivity contribution in [2.45, 2.75) is 0 Å². The van der Waals surface area contributed by atoms with Gasteiger partial charge in [0, 0.05) is 42.6 Å². The molecular weight excluding hydrogens is 502 g/mol. The van der Waals surface area contributed by atoms with Gasteiger partial charge in [-0.1, -0.05) is 127 Å². The Morgan fingerprint density at radius 1 is 0.450 bits per heavy atom. The standard InChI is InChI=1S/C38H25NS/c1-4-14-25(15-5-1)33-34(26-16-6-2-7-17-26)36-29-21-11-12-22-30(29)39-38(36)37(35(33)27-18-8-3-9-19-27)32-24-28-20-10-13-23-31(28)40-32/h1-24,39H. The maximum Gasteiger partial charge on any atom is 0.0565 e. The highest BCUT2D eigenvalue weighted by Crippen LogP contribution is 2.53. The van der Waals surface area contributed by atoms with Crippen molar-refractivity contribution in [2.24, 2.45) is 0 Å². The van der Waals surface area contributed by atoms with Crippen LogP contribution < -0.4 is 0 Å². The molecule has 0 fully saturated rings. The summed E-state index contributed by atoms with van der Waals surface area (Å²) >= 11 is 1.87. The summed E-state index contributed by atoms with van der Waals surface area (Å²) in [5.41, 5.74) is 11.0. The third-order valence-corrected chi connectivity index (χ3v) is 8.95. The Kier molecular flexibility index (Phi) is 5.39. The Labute approximate surface area is 237 Å². The molecule has 40 heavy (non-hydrogen) atoms. The van der Waals surface area contributed by atoms with Gasteiger partial charge in [0.15, 0.2) is 0 Å². The van der Waals surface area contributed by atoms with Crippen molar-refractivity contribution in [1.29, 1.82) is 0 Å². The van der Waals surface area contributed by atoms with Crippen LogP contribution in [0.1, 0.15) is 0 Å². The van der Waals surface area contributed by atoms with Crippen molar-refractivity contribution in [2.75, 3.05) is 0 Å². The van der Waals surface area contributed by atoms with Gasteiger partial charge in [-0.05, 0) is 45.8 Å². The molecule has 6 aromatic carbocycles. The second kappa shape index (κ2) is 9.37. The largest absolute Gasteiger partial charge is 0.354 e. The minimum atomic E-state index is 1.15. The molecule has 0 amide bonds. The van der Waals surface area contributed by atoms with Crippen LogP contribution in [0.4, 0.5) is 0 Å². The predicted molar refractivity (Wildman–Crippen MR) is 173 cm³/mol. The zero-order valence-electron chi connectivity index (χ0n) is 21.8. The zero-order chi connectivity index (χ0) is 26.5. The normalized spacial score (nSPS) is 11.5. The van der Waals surface area contributed by atoms with Crippen molar-refractivity contribution < 1.29 is 0 Å². The number of aromatic amines is 1. The Morgan fingerprint density at radius 2 is 0.975 bits per heavy atom. The maximum absolute atomic E-state index is 3.90. The summed E-state index contributed by atoms with van der Waals surface area (Å²) in [7, 11) is 0. The molecule has 0 aliphatic carbocycles. The molecule has 0 atom stereocenters. The second-order valence-corrected chi connectivity index (χ2v) is 11.3. The van der Waals surface area contributed by atoms with E-state index in [1.54, 1.807) is 0 Å². The highest BCUT2D eigenvalue weighted by Gasteiger charge is 2.27. The summed E-state index contributed by atoms with van der Waals surface area (Å²) in [6, 6.07) is 52.5. The van der Waals surface area contributed by atoms with Gasteiger partial charge in [0.05, 0.1) is 5.52 Å². The van der Waals surface area contributed by atoms with Crippen molar-refractivity contribution in [1.82, 2.24) is 4.98 Å². The topological polar surface area (TPSA) is 15.8 Å². The molecule has 0 aliphatic heterocycles. The third-order valence-electron chi connectivity index (χ3n) is 7.82. The fourth-order valence-corrected chi connectivity index (χ4v) is 7.24. The van der Waals surface area contributed by atoms with E-state index in [9.17, 15) is 0 Å². The molecule has 8 aromatic rings. The van der Waals surface area contributed by atoms with Gasteiger partial charge in [-0.15, -0.1) is 11.3 Å². The fourth-order valence-electron chi connectivity index (χ4n) is 6.12. The maximum atomic E-state index is 3.90. The van der Waals surface area contributed by atoms with E-state index >= 15 is 0 Å². The second-order valence-electron chi connectivity index (χ2n) is 10.2. The summed E-state index contributed by atoms with van der Waals surface area (Å²) in [6.07, 6.45) is 0. The number of nitrogens with one attached hydrogen (secondary N) is 1. The Bertz CT molecular complexity index is 2100. The molecule has 0 radical (unpaired) electrons. The van der Waals surface area contributed by atoms with E-state index in [0.717, 1.165) is 5.52 Å². The highest BCUT2D eigenvalue weighted by atomic mass is 32.1. The number of hydrogen-bond donors (Lipinski definition) is 1. The van der Waals surface area contributed by atoms with Crippen LogP contribution in [0, 0.1) is 0 Å². The molecule has 2 aromatic heterocycles. The average molecular weight is 528 g/mol. The molecule has 1 N–H and O–H groups in total. The molecular formula is C38H25NS. The highest BCUT2D eigenvalue weighted by molar-refractivity contribution is 7.22. The quantitative estimate of drug-likeness (QED) is 0.234. The first kappa shape index (κ1) is 23.0. The zero-order valence-corrected chi connectivity index (χ0v) is 22.6. The number of thiophene rings is 1. The summed E-state index contributed by atoms with van der Waals surface area (Å²) in [5, 5.41) is 3.79. The van der Waals surface area contributed by atoms with Crippen LogP contribution in [-0.4, -0.2) is 4.98 Å². The van der Waals surface area contributed by atoms with Crippen LogP contribution in [0.25, 0.3) is 75.7 Å². The van der Waals surface area contributed by atoms with E-state index in [1.807, 2.05) is 11.3 Å². The first-order valence-corrected chi connectivity index (χ1v) is 14.4. The van der Waals surface area contributed by atoms with Crippen molar-refractivity contribution >= 4 is 43.2 Å². The van der Waals surface area contributed by atoms with Crippen LogP contribution in [0.3, 0.4) is 0 Å². The van der Waals surface area contributed by atoms with Gasteiger partial charge < -0.3 is 4.98 Å². The van der Waals surface area contributed by atoms with E-state index < -0.39 is 0 Å². The van der Waals surface area contributed by atoms with Crippen LogP contribution in [0.2, 0.25) is 0 Å². The summed E-state index contributed by atoms with van der Waals surface area (Å²) in [5.74, 6) is 0. The molecule has 1 nitrogen and oxygen atoms in total. The number of para-hydroxylation sites is 1. The number of H-pyrrole nitrogens is 1. The Balaban J connectivity index is 1.67. The van der Waals surface area contributed by atoms with Crippen molar-refractivity contribution in [3.05, 3.63) is 146 Å². The molecule has 0 saturated heterocycles. The Hall–Kier alpha value is -4.92. The minimum Gasteiger partial charge on any atom is -0.354 e. The third kappa shape index (κ3) is 3.61. The summed E-state index contributed by atoms with van der Waals surface area (Å²) in [4.78, 5) is 5.17. The van der Waals surface area contributed by atoms with Gasteiger partial charge in [0.1, 0.15) is 0 Å². The van der Waals surface area contributed by atoms with Crippen LogP contribution >= 0.6 is 11.3 Å². The molecule has 0 saturated carbocycles. The Morgan fingerprint density at radius 3 is 1.62 bits per heavy atom. The van der Waals surface area contributed by atoms with Crippen molar-refractivity contribution in [3.8, 4) is 43.8 Å². The first-order chi connectivity index (χ1) is 19.9. The van der Waals surface area contributed by atoms with E-state index in [1.165, 1.54) is 70.2 Å². The lowest BCUT2D eigenvalue weighted by Crippen LogP contribution is -1.96. The molecule has 0 aliphatic rings. The summed E-state index contributed by atoms with van der Waals surface area (Å²) in [6.45, 7) is 0. The van der Waals surface area contributed by atoms with Gasteiger partial charge in [-0.25, -0.2) is 0 Å². The van der Waals surface area contributed by atoms with Gasteiger partial charge in [0.25, 0.3) is 0 Å². The lowest BCUT2D eigenvalue weighted by atomic mass is 9.81. The van der Waals surface area contributed by atoms with Gasteiger partial charge >= 0.3 is 0 Å².